The zero-order valence-corrected chi connectivity index (χ0v) is 13.1. The highest BCUT2D eigenvalue weighted by Gasteiger charge is 2.12. The second kappa shape index (κ2) is 8.39. The number of halogens is 1. The molecule has 0 atom stereocenters. The highest BCUT2D eigenvalue weighted by molar-refractivity contribution is 9.10. The van der Waals surface area contributed by atoms with Crippen molar-refractivity contribution in [2.75, 3.05) is 26.2 Å². The van der Waals surface area contributed by atoms with Gasteiger partial charge in [-0.05, 0) is 56.6 Å². The topological polar surface area (TPSA) is 50.4 Å². The molecule has 2 rings (SSSR count). The van der Waals surface area contributed by atoms with Gasteiger partial charge in [0.2, 0.25) is 0 Å². The molecule has 1 amide bonds. The van der Waals surface area contributed by atoms with E-state index in [-0.39, 0.29) is 5.91 Å². The predicted molar refractivity (Wildman–Crippen MR) is 82.9 cm³/mol. The number of carbonyl (C=O) groups is 1. The van der Waals surface area contributed by atoms with Crippen molar-refractivity contribution in [1.29, 1.82) is 0 Å². The summed E-state index contributed by atoms with van der Waals surface area (Å²) in [6.07, 6.45) is 3.42. The van der Waals surface area contributed by atoms with E-state index in [4.69, 9.17) is 4.74 Å². The zero-order chi connectivity index (χ0) is 14.2. The Morgan fingerprint density at radius 2 is 2.00 bits per heavy atom. The average molecular weight is 341 g/mol. The number of nitrogens with one attached hydrogen (secondary N) is 2. The van der Waals surface area contributed by atoms with Crippen LogP contribution in [0.4, 0.5) is 0 Å². The summed E-state index contributed by atoms with van der Waals surface area (Å²) in [4.78, 5) is 11.8. The fourth-order valence-electron chi connectivity index (χ4n) is 2.19. The quantitative estimate of drug-likeness (QED) is 0.781. The second-order valence-electron chi connectivity index (χ2n) is 4.94. The van der Waals surface area contributed by atoms with Gasteiger partial charge >= 0.3 is 0 Å². The first-order valence-corrected chi connectivity index (χ1v) is 7.91. The lowest BCUT2D eigenvalue weighted by atomic mass is 10.1. The van der Waals surface area contributed by atoms with Crippen LogP contribution < -0.4 is 10.6 Å². The van der Waals surface area contributed by atoms with Crippen molar-refractivity contribution in [3.8, 4) is 0 Å². The summed E-state index contributed by atoms with van der Waals surface area (Å²) in [5.74, 6) is -0.0284. The lowest BCUT2D eigenvalue weighted by molar-refractivity contribution is 0.0318. The molecule has 110 valence electrons. The highest BCUT2D eigenvalue weighted by Crippen LogP contribution is 2.10. The van der Waals surface area contributed by atoms with Crippen LogP contribution in [-0.2, 0) is 4.74 Å². The van der Waals surface area contributed by atoms with Crippen LogP contribution in [0.15, 0.2) is 28.7 Å². The molecular formula is C15H21BrN2O2. The number of ether oxygens (including phenoxy) is 1. The van der Waals surface area contributed by atoms with Crippen LogP contribution in [0.1, 0.15) is 29.6 Å². The molecule has 0 radical (unpaired) electrons. The van der Waals surface area contributed by atoms with Crippen molar-refractivity contribution >= 4 is 21.8 Å². The summed E-state index contributed by atoms with van der Waals surface area (Å²) in [6, 6.07) is 7.36. The minimum atomic E-state index is -0.0284. The molecule has 1 aromatic rings. The van der Waals surface area contributed by atoms with Crippen LogP contribution in [0.2, 0.25) is 0 Å². The zero-order valence-electron chi connectivity index (χ0n) is 11.5. The van der Waals surface area contributed by atoms with Gasteiger partial charge in [-0.2, -0.15) is 0 Å². The van der Waals surface area contributed by atoms with Crippen LogP contribution in [0.25, 0.3) is 0 Å². The Morgan fingerprint density at radius 1 is 1.30 bits per heavy atom. The number of hydrogen-bond acceptors (Lipinski definition) is 3. The van der Waals surface area contributed by atoms with Gasteiger partial charge in [-0.3, -0.25) is 4.79 Å². The molecule has 5 heteroatoms. The lowest BCUT2D eigenvalue weighted by Gasteiger charge is -2.22. The molecule has 0 spiro atoms. The molecule has 0 bridgehead atoms. The van der Waals surface area contributed by atoms with E-state index in [2.05, 4.69) is 26.6 Å². The van der Waals surface area contributed by atoms with Crippen molar-refractivity contribution in [2.45, 2.75) is 25.4 Å². The fraction of sp³-hybridized carbons (Fsp3) is 0.533. The number of benzene rings is 1. The van der Waals surface area contributed by atoms with Crippen molar-refractivity contribution in [2.24, 2.45) is 0 Å². The van der Waals surface area contributed by atoms with Crippen LogP contribution in [0.3, 0.4) is 0 Å². The van der Waals surface area contributed by atoms with E-state index in [1.807, 2.05) is 24.3 Å². The Balaban J connectivity index is 1.58. The third-order valence-electron chi connectivity index (χ3n) is 3.35. The van der Waals surface area contributed by atoms with E-state index in [0.29, 0.717) is 24.8 Å². The molecule has 20 heavy (non-hydrogen) atoms. The lowest BCUT2D eigenvalue weighted by Crippen LogP contribution is -2.33. The van der Waals surface area contributed by atoms with Gasteiger partial charge in [-0.25, -0.2) is 0 Å². The monoisotopic (exact) mass is 340 g/mol. The molecule has 0 aromatic heterocycles. The van der Waals surface area contributed by atoms with E-state index in [0.717, 1.165) is 36.8 Å². The number of rotatable bonds is 6. The van der Waals surface area contributed by atoms with E-state index in [9.17, 15) is 4.79 Å². The third-order valence-corrected chi connectivity index (χ3v) is 3.88. The molecule has 1 heterocycles. The maximum atomic E-state index is 11.8. The van der Waals surface area contributed by atoms with Gasteiger partial charge < -0.3 is 15.4 Å². The smallest absolute Gasteiger partial charge is 0.251 e. The molecular weight excluding hydrogens is 320 g/mol. The van der Waals surface area contributed by atoms with Crippen molar-refractivity contribution in [3.05, 3.63) is 34.3 Å². The number of piperidine rings is 1. The minimum absolute atomic E-state index is 0.0284. The van der Waals surface area contributed by atoms with Crippen molar-refractivity contribution in [3.63, 3.8) is 0 Å². The van der Waals surface area contributed by atoms with Crippen molar-refractivity contribution < 1.29 is 9.53 Å². The summed E-state index contributed by atoms with van der Waals surface area (Å²) in [6.45, 7) is 3.46. The Bertz CT molecular complexity index is 416. The molecule has 2 N–H and O–H groups in total. The summed E-state index contributed by atoms with van der Waals surface area (Å²) < 4.78 is 6.77. The first kappa shape index (κ1) is 15.5. The van der Waals surface area contributed by atoms with Gasteiger partial charge in [-0.15, -0.1) is 0 Å². The first-order chi connectivity index (χ1) is 9.75. The third kappa shape index (κ3) is 5.23. The second-order valence-corrected chi connectivity index (χ2v) is 5.85. The van der Waals surface area contributed by atoms with Crippen LogP contribution in [-0.4, -0.2) is 38.3 Å². The average Bonchev–Trinajstić information content (AvgIpc) is 2.48. The molecule has 1 aliphatic rings. The number of amides is 1. The van der Waals surface area contributed by atoms with Crippen LogP contribution >= 0.6 is 15.9 Å². The van der Waals surface area contributed by atoms with Gasteiger partial charge in [0.15, 0.2) is 0 Å². The highest BCUT2D eigenvalue weighted by atomic mass is 79.9. The van der Waals surface area contributed by atoms with Gasteiger partial charge in [0.1, 0.15) is 0 Å². The summed E-state index contributed by atoms with van der Waals surface area (Å²) >= 11 is 3.35. The van der Waals surface area contributed by atoms with Gasteiger partial charge in [0, 0.05) is 23.2 Å². The largest absolute Gasteiger partial charge is 0.378 e. The molecule has 1 aromatic carbocycles. The van der Waals surface area contributed by atoms with Crippen LogP contribution in [0, 0.1) is 0 Å². The van der Waals surface area contributed by atoms with E-state index in [1.165, 1.54) is 0 Å². The molecule has 1 aliphatic heterocycles. The molecule has 1 fully saturated rings. The molecule has 0 saturated carbocycles. The predicted octanol–water partition coefficient (Wildman–Crippen LogP) is 2.34. The molecule has 1 saturated heterocycles. The minimum Gasteiger partial charge on any atom is -0.378 e. The Morgan fingerprint density at radius 3 is 2.70 bits per heavy atom. The van der Waals surface area contributed by atoms with E-state index < -0.39 is 0 Å². The first-order valence-electron chi connectivity index (χ1n) is 7.12. The normalized spacial score (nSPS) is 16.1. The molecule has 0 aliphatic carbocycles. The Kier molecular flexibility index (Phi) is 6.50. The molecule has 0 unspecified atom stereocenters. The van der Waals surface area contributed by atoms with E-state index in [1.54, 1.807) is 0 Å². The maximum Gasteiger partial charge on any atom is 0.251 e. The maximum absolute atomic E-state index is 11.8. The summed E-state index contributed by atoms with van der Waals surface area (Å²) in [7, 11) is 0. The van der Waals surface area contributed by atoms with Gasteiger partial charge in [0.05, 0.1) is 6.10 Å². The SMILES string of the molecule is O=C(NCCCOC1CCNCC1)c1ccc(Br)cc1. The molecule has 4 nitrogen and oxygen atoms in total. The Labute approximate surface area is 128 Å². The number of hydrogen-bond donors (Lipinski definition) is 2. The van der Waals surface area contributed by atoms with E-state index >= 15 is 0 Å². The van der Waals surface area contributed by atoms with Gasteiger partial charge in [-0.1, -0.05) is 15.9 Å². The van der Waals surface area contributed by atoms with Crippen molar-refractivity contribution in [1.82, 2.24) is 10.6 Å². The van der Waals surface area contributed by atoms with Crippen LogP contribution in [0.5, 0.6) is 0 Å². The Hall–Kier alpha value is -0.910. The fourth-order valence-corrected chi connectivity index (χ4v) is 2.45. The standard InChI is InChI=1S/C15H21BrN2O2/c16-13-4-2-12(3-5-13)15(19)18-8-1-11-20-14-6-9-17-10-7-14/h2-5,14,17H,1,6-11H2,(H,18,19). The van der Waals surface area contributed by atoms with Gasteiger partial charge in [0.25, 0.3) is 5.91 Å². The number of carbonyl (C=O) groups excluding carboxylic acids is 1. The summed E-state index contributed by atoms with van der Waals surface area (Å²) in [5, 5.41) is 6.22. The summed E-state index contributed by atoms with van der Waals surface area (Å²) in [5.41, 5.74) is 0.687.